The van der Waals surface area contributed by atoms with E-state index in [2.05, 4.69) is 22.5 Å². The first-order valence-corrected chi connectivity index (χ1v) is 3.44. The van der Waals surface area contributed by atoms with Gasteiger partial charge in [-0.2, -0.15) is 0 Å². The van der Waals surface area contributed by atoms with Gasteiger partial charge in [-0.25, -0.2) is 0 Å². The Kier molecular flexibility index (Phi) is 1.31. The highest BCUT2D eigenvalue weighted by Crippen LogP contribution is 2.07. The van der Waals surface area contributed by atoms with Gasteiger partial charge < -0.3 is 4.90 Å². The van der Waals surface area contributed by atoms with Crippen LogP contribution >= 0.6 is 0 Å². The Morgan fingerprint density at radius 2 is 2.40 bits per heavy atom. The van der Waals surface area contributed by atoms with E-state index < -0.39 is 0 Å². The summed E-state index contributed by atoms with van der Waals surface area (Å²) in [5.74, 6) is 1.09. The van der Waals surface area contributed by atoms with Crippen LogP contribution in [0.5, 0.6) is 0 Å². The van der Waals surface area contributed by atoms with Crippen molar-refractivity contribution in [2.75, 3.05) is 13.1 Å². The van der Waals surface area contributed by atoms with E-state index in [0.717, 1.165) is 18.9 Å². The van der Waals surface area contributed by atoms with Crippen LogP contribution in [0.3, 0.4) is 0 Å². The molecule has 0 N–H and O–H groups in total. The van der Waals surface area contributed by atoms with Crippen LogP contribution in [0.25, 0.3) is 0 Å². The molecule has 2 aliphatic rings. The highest BCUT2D eigenvalue weighted by atomic mass is 15.2. The lowest BCUT2D eigenvalue weighted by Gasteiger charge is -2.25. The van der Waals surface area contributed by atoms with E-state index in [1.54, 1.807) is 0 Å². The fourth-order valence-electron chi connectivity index (χ4n) is 1.12. The zero-order valence-electron chi connectivity index (χ0n) is 5.70. The minimum absolute atomic E-state index is 0.865. The monoisotopic (exact) mass is 133 g/mol. The summed E-state index contributed by atoms with van der Waals surface area (Å²) >= 11 is 0. The zero-order valence-corrected chi connectivity index (χ0v) is 5.70. The van der Waals surface area contributed by atoms with Crippen molar-refractivity contribution in [2.24, 2.45) is 4.99 Å². The fraction of sp³-hybridized carbons (Fsp3) is 0.250. The van der Waals surface area contributed by atoms with Crippen LogP contribution in [0.15, 0.2) is 29.4 Å². The van der Waals surface area contributed by atoms with Crippen LogP contribution in [-0.4, -0.2) is 23.8 Å². The van der Waals surface area contributed by atoms with E-state index in [9.17, 15) is 0 Å². The van der Waals surface area contributed by atoms with E-state index in [1.165, 1.54) is 0 Å². The molecule has 2 rings (SSSR count). The summed E-state index contributed by atoms with van der Waals surface area (Å²) in [6.45, 7) is 1.86. The van der Waals surface area contributed by atoms with Gasteiger partial charge in [0, 0.05) is 25.7 Å². The molecule has 0 fully saturated rings. The molecule has 10 heavy (non-hydrogen) atoms. The SMILES string of the molecule is [CH]1CN=C2C=CC=CN2C1. The summed E-state index contributed by atoms with van der Waals surface area (Å²) in [7, 11) is 0. The summed E-state index contributed by atoms with van der Waals surface area (Å²) in [5, 5.41) is 0. The minimum atomic E-state index is 0.865. The third kappa shape index (κ3) is 0.856. The van der Waals surface area contributed by atoms with Gasteiger partial charge in [-0.05, 0) is 12.2 Å². The zero-order chi connectivity index (χ0) is 6.81. The molecule has 1 radical (unpaired) electrons. The lowest BCUT2D eigenvalue weighted by Crippen LogP contribution is -2.31. The van der Waals surface area contributed by atoms with Crippen molar-refractivity contribution >= 4 is 5.84 Å². The number of allylic oxidation sites excluding steroid dienone is 2. The second kappa shape index (κ2) is 2.29. The standard InChI is InChI=1S/C8H9N2/c1-2-6-10-7-3-5-9-8(10)4-1/h1-4,6H,5,7H2. The van der Waals surface area contributed by atoms with Crippen molar-refractivity contribution in [3.05, 3.63) is 30.8 Å². The Labute approximate surface area is 60.6 Å². The molecule has 0 bridgehead atoms. The number of fused-ring (bicyclic) bond motifs is 1. The number of amidine groups is 1. The van der Waals surface area contributed by atoms with Crippen LogP contribution in [0.4, 0.5) is 0 Å². The average Bonchev–Trinajstić information content (AvgIpc) is 2.05. The second-order valence-electron chi connectivity index (χ2n) is 2.34. The molecule has 2 heteroatoms. The average molecular weight is 133 g/mol. The van der Waals surface area contributed by atoms with Crippen molar-refractivity contribution in [2.45, 2.75) is 0 Å². The molecule has 0 amide bonds. The highest BCUT2D eigenvalue weighted by molar-refractivity contribution is 5.95. The fourth-order valence-corrected chi connectivity index (χ4v) is 1.12. The Hall–Kier alpha value is -1.05. The van der Waals surface area contributed by atoms with Gasteiger partial charge in [0.05, 0.1) is 0 Å². The van der Waals surface area contributed by atoms with Crippen LogP contribution in [-0.2, 0) is 0 Å². The van der Waals surface area contributed by atoms with Crippen molar-refractivity contribution in [1.82, 2.24) is 4.90 Å². The highest BCUT2D eigenvalue weighted by Gasteiger charge is 2.10. The molecule has 2 heterocycles. The van der Waals surface area contributed by atoms with E-state index >= 15 is 0 Å². The number of rotatable bonds is 0. The van der Waals surface area contributed by atoms with E-state index in [-0.39, 0.29) is 0 Å². The van der Waals surface area contributed by atoms with E-state index in [4.69, 9.17) is 0 Å². The molecule has 2 aliphatic heterocycles. The molecular formula is C8H9N2. The van der Waals surface area contributed by atoms with Crippen LogP contribution < -0.4 is 0 Å². The van der Waals surface area contributed by atoms with Gasteiger partial charge in [0.2, 0.25) is 0 Å². The Morgan fingerprint density at radius 3 is 3.30 bits per heavy atom. The second-order valence-corrected chi connectivity index (χ2v) is 2.34. The molecule has 0 atom stereocenters. The predicted molar refractivity (Wildman–Crippen MR) is 41.6 cm³/mol. The normalized spacial score (nSPS) is 22.4. The van der Waals surface area contributed by atoms with E-state index in [0.29, 0.717) is 0 Å². The molecule has 0 spiro atoms. The Bertz CT molecular complexity index is 213. The first-order chi connectivity index (χ1) is 4.97. The van der Waals surface area contributed by atoms with Crippen LogP contribution in [0, 0.1) is 6.42 Å². The van der Waals surface area contributed by atoms with Crippen molar-refractivity contribution in [3.63, 3.8) is 0 Å². The summed E-state index contributed by atoms with van der Waals surface area (Å²) in [5.41, 5.74) is 0. The first-order valence-electron chi connectivity index (χ1n) is 3.44. The van der Waals surface area contributed by atoms with Crippen molar-refractivity contribution in [3.8, 4) is 0 Å². The number of nitrogens with zero attached hydrogens (tertiary/aromatic N) is 2. The molecule has 51 valence electrons. The lowest BCUT2D eigenvalue weighted by atomic mass is 10.2. The predicted octanol–water partition coefficient (Wildman–Crippen LogP) is 0.988. The molecule has 0 saturated heterocycles. The number of hydrogen-bond donors (Lipinski definition) is 0. The Morgan fingerprint density at radius 1 is 1.40 bits per heavy atom. The molecule has 0 aromatic heterocycles. The minimum Gasteiger partial charge on any atom is -0.333 e. The Balaban J connectivity index is 2.27. The maximum atomic E-state index is 4.30. The molecule has 0 unspecified atom stereocenters. The first kappa shape index (κ1) is 5.71. The quantitative estimate of drug-likeness (QED) is 0.481. The third-order valence-corrected chi connectivity index (χ3v) is 1.62. The van der Waals surface area contributed by atoms with Crippen molar-refractivity contribution in [1.29, 1.82) is 0 Å². The molecule has 0 saturated carbocycles. The molecule has 2 nitrogen and oxygen atoms in total. The van der Waals surface area contributed by atoms with Crippen LogP contribution in [0.2, 0.25) is 0 Å². The maximum Gasteiger partial charge on any atom is 0.127 e. The molecule has 0 aromatic rings. The summed E-state index contributed by atoms with van der Waals surface area (Å²) < 4.78 is 0. The number of aliphatic imine (C=N–C) groups is 1. The van der Waals surface area contributed by atoms with Gasteiger partial charge in [-0.3, -0.25) is 4.99 Å². The van der Waals surface area contributed by atoms with Gasteiger partial charge in [0.25, 0.3) is 0 Å². The smallest absolute Gasteiger partial charge is 0.127 e. The third-order valence-electron chi connectivity index (χ3n) is 1.62. The molecule has 0 aliphatic carbocycles. The van der Waals surface area contributed by atoms with E-state index in [1.807, 2.05) is 18.2 Å². The largest absolute Gasteiger partial charge is 0.333 e. The summed E-state index contributed by atoms with van der Waals surface area (Å²) in [6.07, 6.45) is 10.3. The molecular weight excluding hydrogens is 124 g/mol. The van der Waals surface area contributed by atoms with Gasteiger partial charge in [-0.1, -0.05) is 6.08 Å². The van der Waals surface area contributed by atoms with Gasteiger partial charge in [-0.15, -0.1) is 0 Å². The van der Waals surface area contributed by atoms with Gasteiger partial charge in [0.15, 0.2) is 0 Å². The summed E-state index contributed by atoms with van der Waals surface area (Å²) in [6, 6.07) is 0. The maximum absolute atomic E-state index is 4.30. The molecule has 0 aromatic carbocycles. The van der Waals surface area contributed by atoms with Gasteiger partial charge >= 0.3 is 0 Å². The topological polar surface area (TPSA) is 15.6 Å². The lowest BCUT2D eigenvalue weighted by molar-refractivity contribution is 0.573. The number of hydrogen-bond acceptors (Lipinski definition) is 2. The van der Waals surface area contributed by atoms with Crippen LogP contribution in [0.1, 0.15) is 0 Å². The van der Waals surface area contributed by atoms with Crippen molar-refractivity contribution < 1.29 is 0 Å². The summed E-state index contributed by atoms with van der Waals surface area (Å²) in [4.78, 5) is 6.43. The van der Waals surface area contributed by atoms with Gasteiger partial charge in [0.1, 0.15) is 5.84 Å².